The Kier molecular flexibility index (Phi) is 8.42. The van der Waals surface area contributed by atoms with Crippen molar-refractivity contribution in [3.63, 3.8) is 0 Å². The van der Waals surface area contributed by atoms with Crippen molar-refractivity contribution in [1.82, 2.24) is 0 Å². The van der Waals surface area contributed by atoms with Crippen molar-refractivity contribution in [2.24, 2.45) is 4.36 Å². The molecular weight excluding hydrogens is 430 g/mol. The van der Waals surface area contributed by atoms with Crippen molar-refractivity contribution in [2.75, 3.05) is 6.54 Å². The molecule has 0 atom stereocenters. The molecule has 0 aromatic heterocycles. The van der Waals surface area contributed by atoms with E-state index in [0.717, 1.165) is 26.7 Å². The van der Waals surface area contributed by atoms with Gasteiger partial charge in [0.25, 0.3) is 0 Å². The molecule has 7 heteroatoms. The molecule has 0 bridgehead atoms. The number of hydrogen-bond acceptors (Lipinski definition) is 4. The lowest BCUT2D eigenvalue weighted by Crippen LogP contribution is -1.94. The standard InChI is InChI=1S/C20H20BrNO4S/c21-18-5-3-4-17(14-18)19(6-1-2-7-20(23)24)16-10-8-15(9-11-16)12-13-22-27(25)26/h3-6,8-11,14H,1-2,7,12-13H2,(H,23,24)/b19-6+. The molecule has 0 aliphatic heterocycles. The zero-order chi connectivity index (χ0) is 19.6. The highest BCUT2D eigenvalue weighted by atomic mass is 79.9. The van der Waals surface area contributed by atoms with Gasteiger partial charge in [-0.25, -0.2) is 0 Å². The normalized spacial score (nSPS) is 11.2. The summed E-state index contributed by atoms with van der Waals surface area (Å²) in [7, 11) is -2.37. The Bertz CT molecular complexity index is 942. The van der Waals surface area contributed by atoms with E-state index in [4.69, 9.17) is 5.11 Å². The molecule has 0 aliphatic rings. The quantitative estimate of drug-likeness (QED) is 0.560. The van der Waals surface area contributed by atoms with Crippen molar-refractivity contribution in [2.45, 2.75) is 25.7 Å². The Morgan fingerprint density at radius 2 is 1.85 bits per heavy atom. The number of rotatable bonds is 9. The van der Waals surface area contributed by atoms with Crippen LogP contribution in [0.25, 0.3) is 5.57 Å². The summed E-state index contributed by atoms with van der Waals surface area (Å²) in [5, 5.41) is 8.81. The number of unbranched alkanes of at least 4 members (excludes halogenated alkanes) is 1. The molecule has 2 rings (SSSR count). The summed E-state index contributed by atoms with van der Waals surface area (Å²) < 4.78 is 25.4. The first kappa shape index (κ1) is 21.1. The number of aliphatic carboxylic acids is 1. The van der Waals surface area contributed by atoms with Gasteiger partial charge in [0.2, 0.25) is 0 Å². The Labute approximate surface area is 168 Å². The van der Waals surface area contributed by atoms with E-state index in [1.165, 1.54) is 0 Å². The number of hydrogen-bond donors (Lipinski definition) is 1. The average Bonchev–Trinajstić information content (AvgIpc) is 2.62. The molecular formula is C20H20BrNO4S. The van der Waals surface area contributed by atoms with Gasteiger partial charge in [0.05, 0.1) is 6.54 Å². The Hall–Kier alpha value is -2.25. The Morgan fingerprint density at radius 3 is 2.48 bits per heavy atom. The van der Waals surface area contributed by atoms with Gasteiger partial charge in [-0.1, -0.05) is 58.4 Å². The SMILES string of the molecule is O=C(O)CCC/C=C(\c1ccc(CCN=S(=O)=O)cc1)c1cccc(Br)c1. The highest BCUT2D eigenvalue weighted by molar-refractivity contribution is 9.10. The van der Waals surface area contributed by atoms with Gasteiger partial charge in [0.15, 0.2) is 0 Å². The fourth-order valence-corrected chi connectivity index (χ4v) is 3.30. The number of halogens is 1. The second-order valence-corrected chi connectivity index (χ2v) is 7.54. The lowest BCUT2D eigenvalue weighted by molar-refractivity contribution is -0.137. The first-order valence-corrected chi connectivity index (χ1v) is 10.3. The van der Waals surface area contributed by atoms with Gasteiger partial charge in [-0.15, -0.1) is 0 Å². The van der Waals surface area contributed by atoms with Gasteiger partial charge in [-0.05, 0) is 53.7 Å². The Morgan fingerprint density at radius 1 is 1.11 bits per heavy atom. The molecule has 2 aromatic carbocycles. The second kappa shape index (κ2) is 10.8. The molecule has 0 saturated heterocycles. The smallest absolute Gasteiger partial charge is 0.311 e. The van der Waals surface area contributed by atoms with Crippen LogP contribution in [-0.2, 0) is 21.7 Å². The fourth-order valence-electron chi connectivity index (χ4n) is 2.66. The largest absolute Gasteiger partial charge is 0.481 e. The summed E-state index contributed by atoms with van der Waals surface area (Å²) in [4.78, 5) is 10.7. The molecule has 1 N–H and O–H groups in total. The van der Waals surface area contributed by atoms with E-state index in [0.29, 0.717) is 19.3 Å². The Balaban J connectivity index is 2.23. The number of carbonyl (C=O) groups is 1. The maximum Gasteiger partial charge on any atom is 0.311 e. The van der Waals surface area contributed by atoms with E-state index < -0.39 is 16.5 Å². The summed E-state index contributed by atoms with van der Waals surface area (Å²) in [6, 6.07) is 15.9. The lowest BCUT2D eigenvalue weighted by atomic mass is 9.95. The molecule has 0 radical (unpaired) electrons. The van der Waals surface area contributed by atoms with Gasteiger partial charge in [0.1, 0.15) is 0 Å². The first-order valence-electron chi connectivity index (χ1n) is 8.50. The van der Waals surface area contributed by atoms with Gasteiger partial charge < -0.3 is 5.11 Å². The molecule has 0 spiro atoms. The lowest BCUT2D eigenvalue weighted by Gasteiger charge is -2.10. The molecule has 2 aromatic rings. The maximum absolute atomic E-state index is 10.7. The first-order chi connectivity index (χ1) is 13.0. The van der Waals surface area contributed by atoms with Crippen LogP contribution in [0.5, 0.6) is 0 Å². The number of benzene rings is 2. The molecule has 0 unspecified atom stereocenters. The molecule has 5 nitrogen and oxygen atoms in total. The average molecular weight is 450 g/mol. The third-order valence-electron chi connectivity index (χ3n) is 3.94. The molecule has 0 fully saturated rings. The van der Waals surface area contributed by atoms with Crippen LogP contribution in [0.15, 0.2) is 63.4 Å². The van der Waals surface area contributed by atoms with Crippen molar-refractivity contribution in [3.8, 4) is 0 Å². The second-order valence-electron chi connectivity index (χ2n) is 5.93. The molecule has 0 aliphatic carbocycles. The molecule has 0 amide bonds. The predicted molar refractivity (Wildman–Crippen MR) is 109 cm³/mol. The van der Waals surface area contributed by atoms with Crippen LogP contribution in [0, 0.1) is 0 Å². The van der Waals surface area contributed by atoms with E-state index in [1.807, 2.05) is 48.5 Å². The zero-order valence-corrected chi connectivity index (χ0v) is 17.0. The van der Waals surface area contributed by atoms with E-state index in [1.54, 1.807) is 0 Å². The summed E-state index contributed by atoms with van der Waals surface area (Å²) >= 11 is 3.49. The van der Waals surface area contributed by atoms with E-state index in [-0.39, 0.29) is 13.0 Å². The maximum atomic E-state index is 10.7. The minimum atomic E-state index is -2.37. The fraction of sp³-hybridized carbons (Fsp3) is 0.250. The van der Waals surface area contributed by atoms with Crippen molar-refractivity contribution >= 4 is 38.0 Å². The van der Waals surface area contributed by atoms with Crippen LogP contribution < -0.4 is 0 Å². The molecule has 142 valence electrons. The van der Waals surface area contributed by atoms with Gasteiger partial charge in [-0.3, -0.25) is 4.79 Å². The topological polar surface area (TPSA) is 83.8 Å². The summed E-state index contributed by atoms with van der Waals surface area (Å²) in [6.45, 7) is 0.235. The third-order valence-corrected chi connectivity index (χ3v) is 4.83. The van der Waals surface area contributed by atoms with Crippen molar-refractivity contribution in [1.29, 1.82) is 0 Å². The molecule has 0 saturated carbocycles. The van der Waals surface area contributed by atoms with Gasteiger partial charge in [0, 0.05) is 10.9 Å². The monoisotopic (exact) mass is 449 g/mol. The highest BCUT2D eigenvalue weighted by Crippen LogP contribution is 2.27. The summed E-state index contributed by atoms with van der Waals surface area (Å²) in [6.07, 6.45) is 4.02. The third kappa shape index (κ3) is 7.48. The van der Waals surface area contributed by atoms with Gasteiger partial charge in [-0.2, -0.15) is 12.8 Å². The molecule has 0 heterocycles. The van der Waals surface area contributed by atoms with E-state index >= 15 is 0 Å². The van der Waals surface area contributed by atoms with Crippen LogP contribution in [0.3, 0.4) is 0 Å². The number of nitrogens with zero attached hydrogens (tertiary/aromatic N) is 1. The van der Waals surface area contributed by atoms with E-state index in [9.17, 15) is 13.2 Å². The predicted octanol–water partition coefficient (Wildman–Crippen LogP) is 4.74. The van der Waals surface area contributed by atoms with Gasteiger partial charge >= 0.3 is 16.5 Å². The number of carboxylic acid groups (broad SMARTS) is 1. The van der Waals surface area contributed by atoms with Crippen LogP contribution in [0.1, 0.15) is 36.0 Å². The number of carboxylic acids is 1. The van der Waals surface area contributed by atoms with Crippen LogP contribution in [0.2, 0.25) is 0 Å². The van der Waals surface area contributed by atoms with Crippen LogP contribution in [0.4, 0.5) is 0 Å². The minimum Gasteiger partial charge on any atom is -0.481 e. The molecule has 27 heavy (non-hydrogen) atoms. The number of allylic oxidation sites excluding steroid dienone is 1. The van der Waals surface area contributed by atoms with Crippen molar-refractivity contribution < 1.29 is 18.3 Å². The zero-order valence-electron chi connectivity index (χ0n) is 14.6. The van der Waals surface area contributed by atoms with Crippen LogP contribution in [-0.4, -0.2) is 26.0 Å². The minimum absolute atomic E-state index is 0.145. The highest BCUT2D eigenvalue weighted by Gasteiger charge is 2.06. The van der Waals surface area contributed by atoms with E-state index in [2.05, 4.69) is 26.4 Å². The summed E-state index contributed by atoms with van der Waals surface area (Å²) in [5.41, 5.74) is 4.12. The van der Waals surface area contributed by atoms with Crippen LogP contribution >= 0.6 is 15.9 Å². The summed E-state index contributed by atoms with van der Waals surface area (Å²) in [5.74, 6) is -0.791. The van der Waals surface area contributed by atoms with Crippen molar-refractivity contribution in [3.05, 3.63) is 75.8 Å².